The molecule has 0 aliphatic carbocycles. The Bertz CT molecular complexity index is 875. The van der Waals surface area contributed by atoms with Crippen LogP contribution in [0, 0.1) is 0 Å². The van der Waals surface area contributed by atoms with Crippen LogP contribution in [0.3, 0.4) is 0 Å². The van der Waals surface area contributed by atoms with Crippen molar-refractivity contribution in [2.75, 3.05) is 23.8 Å². The van der Waals surface area contributed by atoms with Gasteiger partial charge in [-0.05, 0) is 49.2 Å². The van der Waals surface area contributed by atoms with Gasteiger partial charge in [0.15, 0.2) is 0 Å². The van der Waals surface area contributed by atoms with Gasteiger partial charge in [-0.3, -0.25) is 9.52 Å². The second-order valence-electron chi connectivity index (χ2n) is 5.82. The summed E-state index contributed by atoms with van der Waals surface area (Å²) in [5.41, 5.74) is 0.868. The number of ether oxygens (including phenoxy) is 2. The highest BCUT2D eigenvalue weighted by atomic mass is 32.2. The van der Waals surface area contributed by atoms with Gasteiger partial charge < -0.3 is 14.8 Å². The molecule has 1 fully saturated rings. The van der Waals surface area contributed by atoms with Gasteiger partial charge in [-0.1, -0.05) is 12.1 Å². The second-order valence-corrected chi connectivity index (χ2v) is 7.50. The molecule has 26 heavy (non-hydrogen) atoms. The van der Waals surface area contributed by atoms with Crippen molar-refractivity contribution in [1.82, 2.24) is 0 Å². The average Bonchev–Trinajstić information content (AvgIpc) is 3.17. The van der Waals surface area contributed by atoms with Crippen LogP contribution in [0.5, 0.6) is 5.75 Å². The number of sulfonamides is 1. The summed E-state index contributed by atoms with van der Waals surface area (Å²) in [6.45, 7) is 0.587. The SMILES string of the molecule is COc1ccccc1NS(=O)(=O)c1ccc(NC(=O)[C@H]2CCCO2)cc1. The molecule has 138 valence electrons. The van der Waals surface area contributed by atoms with Crippen LogP contribution >= 0.6 is 0 Å². The number of carbonyl (C=O) groups excluding carboxylic acids is 1. The van der Waals surface area contributed by atoms with Crippen molar-refractivity contribution in [2.24, 2.45) is 0 Å². The van der Waals surface area contributed by atoms with Crippen LogP contribution in [-0.4, -0.2) is 34.1 Å². The van der Waals surface area contributed by atoms with Crippen molar-refractivity contribution in [3.63, 3.8) is 0 Å². The predicted molar refractivity (Wildman–Crippen MR) is 97.8 cm³/mol. The highest BCUT2D eigenvalue weighted by molar-refractivity contribution is 7.92. The summed E-state index contributed by atoms with van der Waals surface area (Å²) in [6.07, 6.45) is 1.12. The molecule has 0 unspecified atom stereocenters. The first-order valence-corrected chi connectivity index (χ1v) is 9.66. The van der Waals surface area contributed by atoms with Gasteiger partial charge in [0, 0.05) is 12.3 Å². The second kappa shape index (κ2) is 7.76. The lowest BCUT2D eigenvalue weighted by molar-refractivity contribution is -0.124. The Kier molecular flexibility index (Phi) is 5.43. The zero-order valence-electron chi connectivity index (χ0n) is 14.3. The van der Waals surface area contributed by atoms with Gasteiger partial charge in [-0.15, -0.1) is 0 Å². The zero-order valence-corrected chi connectivity index (χ0v) is 15.1. The van der Waals surface area contributed by atoms with Gasteiger partial charge in [0.25, 0.3) is 15.9 Å². The van der Waals surface area contributed by atoms with Crippen LogP contribution in [0.25, 0.3) is 0 Å². The lowest BCUT2D eigenvalue weighted by Gasteiger charge is -2.13. The third kappa shape index (κ3) is 4.14. The van der Waals surface area contributed by atoms with Crippen molar-refractivity contribution in [1.29, 1.82) is 0 Å². The highest BCUT2D eigenvalue weighted by Gasteiger charge is 2.23. The standard InChI is InChI=1S/C18H20N2O5S/c1-24-16-6-3-2-5-15(16)20-26(22,23)14-10-8-13(9-11-14)19-18(21)17-7-4-12-25-17/h2-3,5-6,8-11,17,20H,4,7,12H2,1H3,(H,19,21)/t17-/m1/s1. The monoisotopic (exact) mass is 376 g/mol. The first-order chi connectivity index (χ1) is 12.5. The maximum Gasteiger partial charge on any atom is 0.262 e. The van der Waals surface area contributed by atoms with Gasteiger partial charge in [0.1, 0.15) is 11.9 Å². The molecule has 2 aromatic carbocycles. The van der Waals surface area contributed by atoms with Crippen molar-refractivity contribution in [2.45, 2.75) is 23.8 Å². The van der Waals surface area contributed by atoms with Gasteiger partial charge in [-0.2, -0.15) is 0 Å². The lowest BCUT2D eigenvalue weighted by atomic mass is 10.2. The molecule has 1 aliphatic heterocycles. The third-order valence-corrected chi connectivity index (χ3v) is 5.39. The Morgan fingerprint density at radius 1 is 1.15 bits per heavy atom. The molecule has 1 amide bonds. The van der Waals surface area contributed by atoms with Gasteiger partial charge >= 0.3 is 0 Å². The van der Waals surface area contributed by atoms with Gasteiger partial charge in [-0.25, -0.2) is 8.42 Å². The number of amides is 1. The molecular weight excluding hydrogens is 356 g/mol. The molecule has 0 bridgehead atoms. The first-order valence-electron chi connectivity index (χ1n) is 8.18. The number of rotatable bonds is 6. The quantitative estimate of drug-likeness (QED) is 0.808. The number of carbonyl (C=O) groups is 1. The van der Waals surface area contributed by atoms with E-state index >= 15 is 0 Å². The zero-order chi connectivity index (χ0) is 18.6. The molecule has 8 heteroatoms. The van der Waals surface area contributed by atoms with Crippen LogP contribution in [0.2, 0.25) is 0 Å². The Morgan fingerprint density at radius 2 is 1.88 bits per heavy atom. The highest BCUT2D eigenvalue weighted by Crippen LogP contribution is 2.26. The molecule has 1 aliphatic rings. The molecule has 2 aromatic rings. The van der Waals surface area contributed by atoms with E-state index in [1.165, 1.54) is 19.2 Å². The summed E-state index contributed by atoms with van der Waals surface area (Å²) in [4.78, 5) is 12.1. The van der Waals surface area contributed by atoms with Gasteiger partial charge in [0.2, 0.25) is 0 Å². The van der Waals surface area contributed by atoms with E-state index in [9.17, 15) is 13.2 Å². The summed E-state index contributed by atoms with van der Waals surface area (Å²) in [7, 11) is -2.30. The molecule has 1 atom stereocenters. The molecule has 1 saturated heterocycles. The molecule has 2 N–H and O–H groups in total. The number of anilines is 2. The van der Waals surface area contributed by atoms with Crippen molar-refractivity contribution in [3.05, 3.63) is 48.5 Å². The minimum atomic E-state index is -3.77. The number of methoxy groups -OCH3 is 1. The predicted octanol–water partition coefficient (Wildman–Crippen LogP) is 2.61. The molecular formula is C18H20N2O5S. The number of nitrogens with one attached hydrogen (secondary N) is 2. The fourth-order valence-electron chi connectivity index (χ4n) is 2.66. The Labute approximate surface area is 152 Å². The van der Waals surface area contributed by atoms with Crippen molar-refractivity contribution >= 4 is 27.3 Å². The summed E-state index contributed by atoms with van der Waals surface area (Å²) < 4.78 is 38.1. The Hall–Kier alpha value is -2.58. The van der Waals surface area contributed by atoms with E-state index in [0.717, 1.165) is 6.42 Å². The van der Waals surface area contributed by atoms with E-state index in [0.29, 0.717) is 30.2 Å². The van der Waals surface area contributed by atoms with E-state index in [-0.39, 0.29) is 10.8 Å². The van der Waals surface area contributed by atoms with E-state index in [4.69, 9.17) is 9.47 Å². The minimum Gasteiger partial charge on any atom is -0.495 e. The number of benzene rings is 2. The van der Waals surface area contributed by atoms with Crippen molar-refractivity contribution in [3.8, 4) is 5.75 Å². The largest absolute Gasteiger partial charge is 0.495 e. The normalized spacial score (nSPS) is 16.9. The van der Waals surface area contributed by atoms with Crippen LogP contribution in [0.4, 0.5) is 11.4 Å². The smallest absolute Gasteiger partial charge is 0.262 e. The number of hydrogen-bond acceptors (Lipinski definition) is 5. The van der Waals surface area contributed by atoms with E-state index < -0.39 is 16.1 Å². The maximum atomic E-state index is 12.5. The third-order valence-electron chi connectivity index (χ3n) is 4.01. The van der Waals surface area contributed by atoms with Crippen LogP contribution < -0.4 is 14.8 Å². The Balaban J connectivity index is 1.71. The molecule has 0 radical (unpaired) electrons. The summed E-state index contributed by atoms with van der Waals surface area (Å²) in [5, 5.41) is 2.73. The van der Waals surface area contributed by atoms with Crippen LogP contribution in [-0.2, 0) is 19.6 Å². The molecule has 3 rings (SSSR count). The van der Waals surface area contributed by atoms with E-state index in [1.54, 1.807) is 36.4 Å². The van der Waals surface area contributed by atoms with E-state index in [2.05, 4.69) is 10.0 Å². The number of hydrogen-bond donors (Lipinski definition) is 2. The first kappa shape index (κ1) is 18.2. The summed E-state index contributed by atoms with van der Waals surface area (Å²) in [5.74, 6) is 0.210. The minimum absolute atomic E-state index is 0.0820. The molecule has 0 saturated carbocycles. The fraction of sp³-hybridized carbons (Fsp3) is 0.278. The molecule has 0 aromatic heterocycles. The van der Waals surface area contributed by atoms with Crippen molar-refractivity contribution < 1.29 is 22.7 Å². The fourth-order valence-corrected chi connectivity index (χ4v) is 3.73. The Morgan fingerprint density at radius 3 is 2.54 bits per heavy atom. The summed E-state index contributed by atoms with van der Waals surface area (Å²) >= 11 is 0. The lowest BCUT2D eigenvalue weighted by Crippen LogP contribution is -2.26. The molecule has 7 nitrogen and oxygen atoms in total. The average molecular weight is 376 g/mol. The van der Waals surface area contributed by atoms with Crippen LogP contribution in [0.1, 0.15) is 12.8 Å². The molecule has 0 spiro atoms. The topological polar surface area (TPSA) is 93.7 Å². The summed E-state index contributed by atoms with van der Waals surface area (Å²) in [6, 6.07) is 12.7. The van der Waals surface area contributed by atoms with E-state index in [1.807, 2.05) is 0 Å². The number of para-hydroxylation sites is 2. The maximum absolute atomic E-state index is 12.5. The van der Waals surface area contributed by atoms with Crippen LogP contribution in [0.15, 0.2) is 53.4 Å². The molecule has 1 heterocycles. The van der Waals surface area contributed by atoms with Gasteiger partial charge in [0.05, 0.1) is 17.7 Å².